The van der Waals surface area contributed by atoms with Crippen molar-refractivity contribution < 1.29 is 9.90 Å². The second kappa shape index (κ2) is 4.63. The van der Waals surface area contributed by atoms with Gasteiger partial charge in [-0.05, 0) is 18.8 Å². The van der Waals surface area contributed by atoms with Gasteiger partial charge in [-0.2, -0.15) is 0 Å². The van der Waals surface area contributed by atoms with Gasteiger partial charge in [0.25, 0.3) is 5.56 Å². The molecule has 2 atom stereocenters. The summed E-state index contributed by atoms with van der Waals surface area (Å²) in [6.45, 7) is 2.40. The summed E-state index contributed by atoms with van der Waals surface area (Å²) < 4.78 is 0. The van der Waals surface area contributed by atoms with Crippen molar-refractivity contribution in [2.45, 2.75) is 25.8 Å². The van der Waals surface area contributed by atoms with Crippen molar-refractivity contribution in [3.05, 3.63) is 20.8 Å². The van der Waals surface area contributed by atoms with Gasteiger partial charge in [-0.1, -0.05) is 6.92 Å². The number of aromatic amines is 2. The van der Waals surface area contributed by atoms with Gasteiger partial charge in [0.1, 0.15) is 6.04 Å². The average Bonchev–Trinajstić information content (AvgIpc) is 2.29. The number of carboxylic acids is 1. The quantitative estimate of drug-likeness (QED) is 0.632. The van der Waals surface area contributed by atoms with Crippen LogP contribution in [0.1, 0.15) is 19.8 Å². The molecule has 1 aliphatic rings. The Kier molecular flexibility index (Phi) is 3.17. The Morgan fingerprint density at radius 3 is 2.83 bits per heavy atom. The molecule has 3 N–H and O–H groups in total. The number of hydrogen-bond donors (Lipinski definition) is 3. The van der Waals surface area contributed by atoms with E-state index in [2.05, 4.69) is 10.2 Å². The first kappa shape index (κ1) is 12.3. The first-order chi connectivity index (χ1) is 8.49. The number of nitrogens with zero attached hydrogens (tertiary/aromatic N) is 2. The summed E-state index contributed by atoms with van der Waals surface area (Å²) in [7, 11) is 0. The number of aliphatic carboxylic acids is 1. The van der Waals surface area contributed by atoms with Crippen molar-refractivity contribution in [2.24, 2.45) is 5.92 Å². The third-order valence-corrected chi connectivity index (χ3v) is 3.12. The van der Waals surface area contributed by atoms with E-state index in [1.54, 1.807) is 0 Å². The highest BCUT2D eigenvalue weighted by molar-refractivity contribution is 5.77. The van der Waals surface area contributed by atoms with Crippen LogP contribution in [0.2, 0.25) is 0 Å². The predicted molar refractivity (Wildman–Crippen MR) is 62.6 cm³/mol. The third-order valence-electron chi connectivity index (χ3n) is 3.12. The predicted octanol–water partition coefficient (Wildman–Crippen LogP) is -0.852. The SMILES string of the molecule is CC1CCN(c2n[nH]c(=O)[nH]c2=O)C(C(=O)O)C1. The van der Waals surface area contributed by atoms with Gasteiger partial charge < -0.3 is 10.0 Å². The number of carbonyl (C=O) groups is 1. The van der Waals surface area contributed by atoms with Crippen LogP contribution in [0, 0.1) is 5.92 Å². The van der Waals surface area contributed by atoms with Crippen molar-refractivity contribution in [1.82, 2.24) is 15.2 Å². The average molecular weight is 254 g/mol. The Balaban J connectivity index is 2.38. The highest BCUT2D eigenvalue weighted by atomic mass is 16.4. The van der Waals surface area contributed by atoms with Gasteiger partial charge in [0.2, 0.25) is 5.82 Å². The number of H-pyrrole nitrogens is 2. The number of anilines is 1. The standard InChI is InChI=1S/C10H14N4O4/c1-5-2-3-14(6(4-5)9(16)17)7-8(15)11-10(18)13-12-7/h5-6H,2-4H2,1H3,(H,16,17)(H2,11,13,15,18). The van der Waals surface area contributed by atoms with Crippen LogP contribution in [-0.2, 0) is 4.79 Å². The first-order valence-corrected chi connectivity index (χ1v) is 5.67. The van der Waals surface area contributed by atoms with Crippen molar-refractivity contribution in [1.29, 1.82) is 0 Å². The van der Waals surface area contributed by atoms with Crippen molar-refractivity contribution in [2.75, 3.05) is 11.4 Å². The summed E-state index contributed by atoms with van der Waals surface area (Å²) in [5.41, 5.74) is -1.37. The number of aromatic nitrogens is 3. The molecule has 0 aromatic carbocycles. The summed E-state index contributed by atoms with van der Waals surface area (Å²) >= 11 is 0. The van der Waals surface area contributed by atoms with E-state index in [0.29, 0.717) is 13.0 Å². The number of piperidine rings is 1. The van der Waals surface area contributed by atoms with E-state index in [9.17, 15) is 19.5 Å². The molecule has 2 heterocycles. The fraction of sp³-hybridized carbons (Fsp3) is 0.600. The van der Waals surface area contributed by atoms with E-state index >= 15 is 0 Å². The largest absolute Gasteiger partial charge is 0.480 e. The van der Waals surface area contributed by atoms with Crippen LogP contribution in [0.5, 0.6) is 0 Å². The molecule has 1 fully saturated rings. The number of rotatable bonds is 2. The second-order valence-corrected chi connectivity index (χ2v) is 4.51. The van der Waals surface area contributed by atoms with E-state index in [1.807, 2.05) is 11.9 Å². The molecule has 8 nitrogen and oxygen atoms in total. The van der Waals surface area contributed by atoms with E-state index < -0.39 is 23.3 Å². The maximum absolute atomic E-state index is 11.6. The van der Waals surface area contributed by atoms with Gasteiger partial charge in [0, 0.05) is 6.54 Å². The maximum Gasteiger partial charge on any atom is 0.342 e. The first-order valence-electron chi connectivity index (χ1n) is 5.67. The van der Waals surface area contributed by atoms with Crippen molar-refractivity contribution in [3.8, 4) is 0 Å². The minimum atomic E-state index is -0.992. The summed E-state index contributed by atoms with van der Waals surface area (Å²) in [4.78, 5) is 37.2. The molecule has 0 aliphatic carbocycles. The molecule has 1 aromatic rings. The Hall–Kier alpha value is -2.12. The zero-order chi connectivity index (χ0) is 13.3. The number of nitrogens with one attached hydrogen (secondary N) is 2. The van der Waals surface area contributed by atoms with Crippen molar-refractivity contribution in [3.63, 3.8) is 0 Å². The van der Waals surface area contributed by atoms with Gasteiger partial charge >= 0.3 is 11.7 Å². The molecule has 1 aromatic heterocycles. The topological polar surface area (TPSA) is 119 Å². The van der Waals surface area contributed by atoms with Crippen molar-refractivity contribution >= 4 is 11.8 Å². The molecular weight excluding hydrogens is 240 g/mol. The minimum Gasteiger partial charge on any atom is -0.480 e. The summed E-state index contributed by atoms with van der Waals surface area (Å²) in [5.74, 6) is -0.757. The fourth-order valence-electron chi connectivity index (χ4n) is 2.17. The van der Waals surface area contributed by atoms with Gasteiger partial charge in [-0.15, -0.1) is 5.10 Å². The lowest BCUT2D eigenvalue weighted by Gasteiger charge is -2.35. The lowest BCUT2D eigenvalue weighted by atomic mass is 9.92. The van der Waals surface area contributed by atoms with Crippen LogP contribution in [0.3, 0.4) is 0 Å². The molecule has 2 rings (SSSR count). The van der Waals surface area contributed by atoms with E-state index in [4.69, 9.17) is 0 Å². The molecule has 0 bridgehead atoms. The highest BCUT2D eigenvalue weighted by Crippen LogP contribution is 2.24. The molecule has 1 aliphatic heterocycles. The Morgan fingerprint density at radius 1 is 1.50 bits per heavy atom. The van der Waals surface area contributed by atoms with Gasteiger partial charge in [0.15, 0.2) is 0 Å². The highest BCUT2D eigenvalue weighted by Gasteiger charge is 2.33. The smallest absolute Gasteiger partial charge is 0.342 e. The molecule has 18 heavy (non-hydrogen) atoms. The van der Waals surface area contributed by atoms with Crippen LogP contribution in [0.15, 0.2) is 9.59 Å². The summed E-state index contributed by atoms with van der Waals surface area (Å²) in [6.07, 6.45) is 1.24. The van der Waals surface area contributed by atoms with Crippen LogP contribution in [0.4, 0.5) is 5.82 Å². The maximum atomic E-state index is 11.6. The Bertz CT molecular complexity index is 563. The Morgan fingerprint density at radius 2 is 2.22 bits per heavy atom. The summed E-state index contributed by atoms with van der Waals surface area (Å²) in [6, 6.07) is -0.784. The molecule has 0 spiro atoms. The van der Waals surface area contributed by atoms with Gasteiger partial charge in [0.05, 0.1) is 0 Å². The van der Waals surface area contributed by atoms with Crippen LogP contribution < -0.4 is 16.1 Å². The molecule has 0 amide bonds. The van der Waals surface area contributed by atoms with Crippen LogP contribution >= 0.6 is 0 Å². The number of hydrogen-bond acceptors (Lipinski definition) is 5. The van der Waals surface area contributed by atoms with E-state index in [1.165, 1.54) is 4.90 Å². The van der Waals surface area contributed by atoms with E-state index in [-0.39, 0.29) is 11.7 Å². The lowest BCUT2D eigenvalue weighted by Crippen LogP contribution is -2.50. The zero-order valence-corrected chi connectivity index (χ0v) is 9.84. The molecule has 8 heteroatoms. The minimum absolute atomic E-state index is 0.0473. The second-order valence-electron chi connectivity index (χ2n) is 4.51. The zero-order valence-electron chi connectivity index (χ0n) is 9.84. The molecule has 0 saturated carbocycles. The van der Waals surface area contributed by atoms with Crippen LogP contribution in [-0.4, -0.2) is 38.8 Å². The molecule has 1 saturated heterocycles. The molecular formula is C10H14N4O4. The fourth-order valence-corrected chi connectivity index (χ4v) is 2.17. The van der Waals surface area contributed by atoms with Gasteiger partial charge in [-0.25, -0.2) is 14.7 Å². The Labute approximate surface area is 102 Å². The lowest BCUT2D eigenvalue weighted by molar-refractivity contribution is -0.139. The monoisotopic (exact) mass is 254 g/mol. The molecule has 2 unspecified atom stereocenters. The normalized spacial score (nSPS) is 23.9. The molecule has 0 radical (unpaired) electrons. The molecule has 98 valence electrons. The van der Waals surface area contributed by atoms with Gasteiger partial charge in [-0.3, -0.25) is 9.78 Å². The van der Waals surface area contributed by atoms with Crippen LogP contribution in [0.25, 0.3) is 0 Å². The van der Waals surface area contributed by atoms with E-state index in [0.717, 1.165) is 6.42 Å². The summed E-state index contributed by atoms with van der Waals surface area (Å²) in [5, 5.41) is 14.9. The third kappa shape index (κ3) is 2.27. The number of carboxylic acid groups (broad SMARTS) is 1.